The van der Waals surface area contributed by atoms with Gasteiger partial charge in [-0.15, -0.1) is 17.1 Å². The summed E-state index contributed by atoms with van der Waals surface area (Å²) in [5, 5.41) is 6.29. The van der Waals surface area contributed by atoms with Crippen LogP contribution in [0.3, 0.4) is 0 Å². The van der Waals surface area contributed by atoms with Crippen molar-refractivity contribution >= 4 is 23.5 Å². The summed E-state index contributed by atoms with van der Waals surface area (Å²) in [4.78, 5) is 0. The molecular formula is C14H20N3O3S+. The van der Waals surface area contributed by atoms with E-state index < -0.39 is 0 Å². The molecule has 0 aliphatic heterocycles. The number of ether oxygens (including phenoxy) is 3. The van der Waals surface area contributed by atoms with Crippen molar-refractivity contribution in [1.82, 2.24) is 10.7 Å². The summed E-state index contributed by atoms with van der Waals surface area (Å²) in [6, 6.07) is 3.63. The minimum Gasteiger partial charge on any atom is -0.493 e. The second kappa shape index (κ2) is 8.80. The van der Waals surface area contributed by atoms with Crippen LogP contribution < -0.4 is 30.1 Å². The molecule has 0 heterocycles. The van der Waals surface area contributed by atoms with Crippen LogP contribution in [-0.2, 0) is 0 Å². The monoisotopic (exact) mass is 310 g/mol. The number of hydrazine groups is 1. The van der Waals surface area contributed by atoms with Gasteiger partial charge in [0.05, 0.1) is 21.3 Å². The van der Waals surface area contributed by atoms with E-state index in [0.717, 1.165) is 5.56 Å². The maximum atomic E-state index is 5.28. The lowest BCUT2D eigenvalue weighted by molar-refractivity contribution is -0.500. The van der Waals surface area contributed by atoms with Crippen LogP contribution in [0.5, 0.6) is 17.2 Å². The Hall–Kier alpha value is -2.28. The molecule has 0 aliphatic carbocycles. The molecule has 0 saturated carbocycles. The highest BCUT2D eigenvalue weighted by Gasteiger charge is 2.13. The molecule has 0 aromatic heterocycles. The zero-order valence-corrected chi connectivity index (χ0v) is 13.2. The molecule has 3 N–H and O–H groups in total. The molecule has 114 valence electrons. The average molecular weight is 310 g/mol. The number of rotatable bonds is 7. The first-order valence-electron chi connectivity index (χ1n) is 6.19. The van der Waals surface area contributed by atoms with Gasteiger partial charge in [-0.25, -0.2) is 0 Å². The molecule has 0 fully saturated rings. The summed E-state index contributed by atoms with van der Waals surface area (Å²) in [7, 11) is 4.70. The quantitative estimate of drug-likeness (QED) is 0.280. The standard InChI is InChI=1S/C14H19N3O3S/c1-5-6-15-14(21)17-16-9-10-7-11(18-2)13(20-4)12(8-10)19-3/h5,7-9H,1,6H2,2-4H3,(H2,15,17,21)/p+1. The van der Waals surface area contributed by atoms with Gasteiger partial charge >= 0.3 is 0 Å². The summed E-state index contributed by atoms with van der Waals surface area (Å²) < 4.78 is 15.8. The molecule has 1 rings (SSSR count). The normalized spacial score (nSPS) is 10.0. The van der Waals surface area contributed by atoms with Gasteiger partial charge in [0.2, 0.25) is 10.9 Å². The highest BCUT2D eigenvalue weighted by molar-refractivity contribution is 7.80. The van der Waals surface area contributed by atoms with Gasteiger partial charge in [0, 0.05) is 12.1 Å². The molecule has 1 aromatic carbocycles. The third-order valence-electron chi connectivity index (χ3n) is 2.52. The van der Waals surface area contributed by atoms with Gasteiger partial charge in [0.15, 0.2) is 17.7 Å². The number of hydrogen-bond acceptors (Lipinski definition) is 4. The Labute approximate surface area is 129 Å². The van der Waals surface area contributed by atoms with Crippen molar-refractivity contribution in [2.75, 3.05) is 27.9 Å². The molecule has 0 saturated heterocycles. The number of hydrazone groups is 1. The van der Waals surface area contributed by atoms with Crippen molar-refractivity contribution in [1.29, 1.82) is 0 Å². The number of benzene rings is 1. The van der Waals surface area contributed by atoms with Crippen LogP contribution in [0.1, 0.15) is 5.56 Å². The average Bonchev–Trinajstić information content (AvgIpc) is 2.51. The summed E-state index contributed by atoms with van der Waals surface area (Å²) in [6.45, 7) is 4.19. The van der Waals surface area contributed by atoms with E-state index in [1.807, 2.05) is 12.1 Å². The van der Waals surface area contributed by atoms with Crippen LogP contribution in [-0.4, -0.2) is 39.2 Å². The van der Waals surface area contributed by atoms with Crippen molar-refractivity contribution in [3.8, 4) is 17.2 Å². The van der Waals surface area contributed by atoms with Crippen LogP contribution in [0.25, 0.3) is 0 Å². The second-order valence-corrected chi connectivity index (χ2v) is 4.28. The van der Waals surface area contributed by atoms with Gasteiger partial charge in [0.25, 0.3) is 0 Å². The summed E-state index contributed by atoms with van der Waals surface area (Å²) in [6.07, 6.45) is 3.45. The van der Waals surface area contributed by atoms with E-state index in [1.165, 1.54) is 0 Å². The zero-order chi connectivity index (χ0) is 15.7. The number of nitrogens with one attached hydrogen (secondary N) is 3. The maximum Gasteiger partial charge on any atom is 0.224 e. The van der Waals surface area contributed by atoms with Crippen LogP contribution in [0.15, 0.2) is 24.8 Å². The molecule has 0 unspecified atom stereocenters. The van der Waals surface area contributed by atoms with Crippen molar-refractivity contribution in [3.05, 3.63) is 30.4 Å². The Balaban J connectivity index is 2.83. The van der Waals surface area contributed by atoms with Gasteiger partial charge in [-0.2, -0.15) is 0 Å². The number of thiocarbonyl (C=S) groups is 1. The lowest BCUT2D eigenvalue weighted by Crippen LogP contribution is -2.82. The first-order chi connectivity index (χ1) is 10.2. The fourth-order valence-corrected chi connectivity index (χ4v) is 1.72. The van der Waals surface area contributed by atoms with Gasteiger partial charge in [0.1, 0.15) is 0 Å². The van der Waals surface area contributed by atoms with Crippen LogP contribution in [0, 0.1) is 0 Å². The largest absolute Gasteiger partial charge is 0.493 e. The second-order valence-electron chi connectivity index (χ2n) is 3.87. The van der Waals surface area contributed by atoms with E-state index in [0.29, 0.717) is 28.9 Å². The van der Waals surface area contributed by atoms with Crippen LogP contribution in [0.4, 0.5) is 0 Å². The molecule has 1 aromatic rings. The first-order valence-corrected chi connectivity index (χ1v) is 6.60. The van der Waals surface area contributed by atoms with Crippen LogP contribution >= 0.6 is 12.2 Å². The van der Waals surface area contributed by atoms with Crippen molar-refractivity contribution in [2.24, 2.45) is 0 Å². The minimum atomic E-state index is 0.471. The van der Waals surface area contributed by atoms with Gasteiger partial charge < -0.3 is 19.5 Å². The summed E-state index contributed by atoms with van der Waals surface area (Å²) in [5.74, 6) is 1.71. The molecule has 7 heteroatoms. The third-order valence-corrected chi connectivity index (χ3v) is 2.76. The van der Waals surface area contributed by atoms with Gasteiger partial charge in [-0.1, -0.05) is 6.08 Å². The molecule has 0 spiro atoms. The molecular weight excluding hydrogens is 290 g/mol. The smallest absolute Gasteiger partial charge is 0.224 e. The molecule has 0 aliphatic rings. The summed E-state index contributed by atoms with van der Waals surface area (Å²) in [5.41, 5.74) is 3.66. The van der Waals surface area contributed by atoms with E-state index in [-0.39, 0.29) is 0 Å². The highest BCUT2D eigenvalue weighted by Crippen LogP contribution is 2.37. The first kappa shape index (κ1) is 16.8. The van der Waals surface area contributed by atoms with Crippen molar-refractivity contribution in [3.63, 3.8) is 0 Å². The molecule has 0 atom stereocenters. The highest BCUT2D eigenvalue weighted by atomic mass is 32.1. The molecule has 6 nitrogen and oxygen atoms in total. The topological polar surface area (TPSA) is 65.7 Å². The third kappa shape index (κ3) is 4.96. The number of methoxy groups -OCH3 is 3. The van der Waals surface area contributed by atoms with Gasteiger partial charge in [-0.3, -0.25) is 0 Å². The Kier molecular flexibility index (Phi) is 7.03. The lowest BCUT2D eigenvalue weighted by atomic mass is 10.2. The Morgan fingerprint density at radius 1 is 1.24 bits per heavy atom. The molecule has 0 amide bonds. The van der Waals surface area contributed by atoms with Crippen LogP contribution in [0.2, 0.25) is 0 Å². The maximum absolute atomic E-state index is 5.28. The molecule has 0 bridgehead atoms. The Bertz CT molecular complexity index is 507. The molecule has 21 heavy (non-hydrogen) atoms. The fraction of sp³-hybridized carbons (Fsp3) is 0.286. The SMILES string of the molecule is C=CCNC(=S)N[NH+]=Cc1cc(OC)c(OC)c(OC)c1. The lowest BCUT2D eigenvalue weighted by Gasteiger charge is -2.11. The van der Waals surface area contributed by atoms with Crippen molar-refractivity contribution < 1.29 is 19.3 Å². The molecule has 0 radical (unpaired) electrons. The van der Waals surface area contributed by atoms with Gasteiger partial charge in [-0.05, 0) is 24.4 Å². The predicted octanol–water partition coefficient (Wildman–Crippen LogP) is -0.223. The fourth-order valence-electron chi connectivity index (χ4n) is 1.58. The Morgan fingerprint density at radius 2 is 1.86 bits per heavy atom. The van der Waals surface area contributed by atoms with Crippen molar-refractivity contribution in [2.45, 2.75) is 0 Å². The minimum absolute atomic E-state index is 0.471. The number of hydrogen-bond donors (Lipinski definition) is 3. The van der Waals surface area contributed by atoms with E-state index in [9.17, 15) is 0 Å². The van der Waals surface area contributed by atoms with E-state index in [4.69, 9.17) is 26.4 Å². The van der Waals surface area contributed by atoms with E-state index >= 15 is 0 Å². The van der Waals surface area contributed by atoms with E-state index in [1.54, 1.807) is 33.6 Å². The van der Waals surface area contributed by atoms with E-state index in [2.05, 4.69) is 22.4 Å². The predicted molar refractivity (Wildman–Crippen MR) is 86.2 cm³/mol. The zero-order valence-electron chi connectivity index (χ0n) is 12.4. The summed E-state index contributed by atoms with van der Waals surface area (Å²) >= 11 is 5.05. The Morgan fingerprint density at radius 3 is 2.33 bits per heavy atom.